The largest absolute Gasteiger partial charge is 0.481 e. The van der Waals surface area contributed by atoms with Crippen molar-refractivity contribution in [1.82, 2.24) is 0 Å². The van der Waals surface area contributed by atoms with Crippen molar-refractivity contribution in [1.29, 1.82) is 0 Å². The van der Waals surface area contributed by atoms with Crippen LogP contribution in [0.3, 0.4) is 0 Å². The Morgan fingerprint density at radius 1 is 0.700 bits per heavy atom. The van der Waals surface area contributed by atoms with Crippen molar-refractivity contribution in [3.05, 3.63) is 24.3 Å². The highest BCUT2D eigenvalue weighted by Crippen LogP contribution is 2.28. The van der Waals surface area contributed by atoms with E-state index < -0.39 is 15.8 Å². The van der Waals surface area contributed by atoms with Gasteiger partial charge in [0.15, 0.2) is 0 Å². The Bertz CT molecular complexity index is 904. The van der Waals surface area contributed by atoms with E-state index in [1.54, 1.807) is 18.7 Å². The Hall–Kier alpha value is -1.54. The molecule has 0 aromatic heterocycles. The zero-order valence-electron chi connectivity index (χ0n) is 25.0. The summed E-state index contributed by atoms with van der Waals surface area (Å²) in [6.45, 7) is 1.73. The summed E-state index contributed by atoms with van der Waals surface area (Å²) in [5.41, 5.74) is 0.821. The van der Waals surface area contributed by atoms with Crippen LogP contribution >= 0.6 is 11.8 Å². The standard InChI is InChI=1S/C32H55NO5S2/c1-2-40(37,38)28-21-17-15-13-11-9-7-5-3-4-6-8-10-12-14-16-18-25-31(34)33-29-23-19-20-24-30(29)39-27-22-26-32(35)36/h19-20,23-24H,2-18,21-22,25-28H2,1H3,(H,33,34)(H,35,36). The quantitative estimate of drug-likeness (QED) is 0.0775. The fraction of sp³-hybridized carbons (Fsp3) is 0.750. The van der Waals surface area contributed by atoms with Crippen molar-refractivity contribution in [2.45, 2.75) is 140 Å². The molecule has 8 heteroatoms. The van der Waals surface area contributed by atoms with Crippen molar-refractivity contribution < 1.29 is 23.1 Å². The molecule has 0 aliphatic carbocycles. The van der Waals surface area contributed by atoms with E-state index in [4.69, 9.17) is 5.11 Å². The second-order valence-electron chi connectivity index (χ2n) is 10.9. The number of hydrogen-bond acceptors (Lipinski definition) is 5. The van der Waals surface area contributed by atoms with Crippen LogP contribution in [-0.4, -0.2) is 42.7 Å². The predicted molar refractivity (Wildman–Crippen MR) is 170 cm³/mol. The maximum Gasteiger partial charge on any atom is 0.303 e. The Kier molecular flexibility index (Phi) is 22.0. The summed E-state index contributed by atoms with van der Waals surface area (Å²) in [6.07, 6.45) is 21.9. The number of carboxylic acids is 1. The molecule has 0 fully saturated rings. The van der Waals surface area contributed by atoms with Crippen LogP contribution in [0.15, 0.2) is 29.2 Å². The topological polar surface area (TPSA) is 101 Å². The number of nitrogens with one attached hydrogen (secondary N) is 1. The highest BCUT2D eigenvalue weighted by atomic mass is 32.2. The fourth-order valence-corrected chi connectivity index (χ4v) is 6.61. The molecule has 1 aromatic carbocycles. The maximum atomic E-state index is 12.4. The van der Waals surface area contributed by atoms with Crippen LogP contribution in [0.25, 0.3) is 0 Å². The van der Waals surface area contributed by atoms with Crippen molar-refractivity contribution in [3.63, 3.8) is 0 Å². The number of unbranched alkanes of at least 4 members (excludes halogenated alkanes) is 16. The molecule has 40 heavy (non-hydrogen) atoms. The molecular weight excluding hydrogens is 542 g/mol. The van der Waals surface area contributed by atoms with Gasteiger partial charge in [-0.05, 0) is 37.1 Å². The van der Waals surface area contributed by atoms with Gasteiger partial charge in [-0.2, -0.15) is 0 Å². The van der Waals surface area contributed by atoms with Gasteiger partial charge in [-0.25, -0.2) is 8.42 Å². The summed E-state index contributed by atoms with van der Waals surface area (Å²) < 4.78 is 22.9. The first kappa shape index (κ1) is 36.5. The molecule has 1 amide bonds. The van der Waals surface area contributed by atoms with E-state index >= 15 is 0 Å². The summed E-state index contributed by atoms with van der Waals surface area (Å²) in [5.74, 6) is 0.633. The Morgan fingerprint density at radius 2 is 1.18 bits per heavy atom. The van der Waals surface area contributed by atoms with E-state index in [9.17, 15) is 18.0 Å². The highest BCUT2D eigenvalue weighted by Gasteiger charge is 2.08. The van der Waals surface area contributed by atoms with Gasteiger partial charge in [-0.15, -0.1) is 11.8 Å². The second-order valence-corrected chi connectivity index (χ2v) is 14.5. The molecule has 0 heterocycles. The molecule has 0 radical (unpaired) electrons. The number of anilines is 1. The van der Waals surface area contributed by atoms with Gasteiger partial charge in [0.2, 0.25) is 5.91 Å². The van der Waals surface area contributed by atoms with Crippen LogP contribution in [-0.2, 0) is 19.4 Å². The number of aliphatic carboxylic acids is 1. The number of thioether (sulfide) groups is 1. The lowest BCUT2D eigenvalue weighted by Crippen LogP contribution is -2.11. The molecule has 0 atom stereocenters. The summed E-state index contributed by atoms with van der Waals surface area (Å²) >= 11 is 1.59. The normalized spacial score (nSPS) is 11.5. The Balaban J connectivity index is 1.89. The van der Waals surface area contributed by atoms with Crippen LogP contribution in [0.2, 0.25) is 0 Å². The predicted octanol–water partition coefficient (Wildman–Crippen LogP) is 9.04. The molecule has 1 rings (SSSR count). The van der Waals surface area contributed by atoms with Crippen molar-refractivity contribution in [2.75, 3.05) is 22.6 Å². The van der Waals surface area contributed by atoms with Crippen molar-refractivity contribution >= 4 is 39.2 Å². The zero-order valence-corrected chi connectivity index (χ0v) is 26.6. The van der Waals surface area contributed by atoms with Gasteiger partial charge in [0.25, 0.3) is 0 Å². The summed E-state index contributed by atoms with van der Waals surface area (Å²) in [7, 11) is -2.78. The highest BCUT2D eigenvalue weighted by molar-refractivity contribution is 7.99. The first-order chi connectivity index (χ1) is 19.3. The number of benzene rings is 1. The Morgan fingerprint density at radius 3 is 1.68 bits per heavy atom. The summed E-state index contributed by atoms with van der Waals surface area (Å²) in [5, 5.41) is 11.8. The molecule has 2 N–H and O–H groups in total. The molecule has 0 bridgehead atoms. The average molecular weight is 598 g/mol. The Labute approximate surface area is 248 Å². The van der Waals surface area contributed by atoms with E-state index in [2.05, 4.69) is 5.32 Å². The van der Waals surface area contributed by atoms with Gasteiger partial charge in [0, 0.05) is 23.5 Å². The molecule has 0 aliphatic rings. The minimum absolute atomic E-state index is 0.0543. The smallest absolute Gasteiger partial charge is 0.303 e. The van der Waals surface area contributed by atoms with E-state index in [1.807, 2.05) is 24.3 Å². The number of carboxylic acid groups (broad SMARTS) is 1. The lowest BCUT2D eigenvalue weighted by molar-refractivity contribution is -0.137. The van der Waals surface area contributed by atoms with Crippen LogP contribution < -0.4 is 5.32 Å². The van der Waals surface area contributed by atoms with Crippen LogP contribution in [0.1, 0.15) is 135 Å². The molecule has 0 spiro atoms. The first-order valence-corrected chi connectivity index (χ1v) is 18.6. The monoisotopic (exact) mass is 597 g/mol. The number of sulfone groups is 1. The molecule has 6 nitrogen and oxygen atoms in total. The summed E-state index contributed by atoms with van der Waals surface area (Å²) in [4.78, 5) is 24.0. The van der Waals surface area contributed by atoms with Crippen molar-refractivity contribution in [3.8, 4) is 0 Å². The van der Waals surface area contributed by atoms with Gasteiger partial charge in [-0.1, -0.05) is 115 Å². The van der Waals surface area contributed by atoms with E-state index in [0.29, 0.717) is 18.6 Å². The van der Waals surface area contributed by atoms with Gasteiger partial charge in [-0.3, -0.25) is 9.59 Å². The van der Waals surface area contributed by atoms with E-state index in [1.165, 1.54) is 83.5 Å². The van der Waals surface area contributed by atoms with Gasteiger partial charge >= 0.3 is 5.97 Å². The van der Waals surface area contributed by atoms with Crippen molar-refractivity contribution in [2.24, 2.45) is 0 Å². The maximum absolute atomic E-state index is 12.4. The number of amides is 1. The van der Waals surface area contributed by atoms with Gasteiger partial charge < -0.3 is 10.4 Å². The summed E-state index contributed by atoms with van der Waals surface area (Å²) in [6, 6.07) is 7.73. The number of hydrogen-bond donors (Lipinski definition) is 2. The molecule has 1 aromatic rings. The van der Waals surface area contributed by atoms with E-state index in [0.717, 1.165) is 42.0 Å². The molecular formula is C32H55NO5S2. The second kappa shape index (κ2) is 24.1. The number of carbonyl (C=O) groups is 2. The molecule has 0 aliphatic heterocycles. The van der Waals surface area contributed by atoms with Crippen LogP contribution in [0.5, 0.6) is 0 Å². The average Bonchev–Trinajstić information content (AvgIpc) is 2.93. The number of para-hydroxylation sites is 1. The molecule has 0 saturated heterocycles. The van der Waals surface area contributed by atoms with Crippen LogP contribution in [0.4, 0.5) is 5.69 Å². The first-order valence-electron chi connectivity index (χ1n) is 15.8. The fourth-order valence-electron chi connectivity index (χ4n) is 4.72. The van der Waals surface area contributed by atoms with E-state index in [-0.39, 0.29) is 18.1 Å². The number of carbonyl (C=O) groups excluding carboxylic acids is 1. The lowest BCUT2D eigenvalue weighted by Gasteiger charge is -2.10. The minimum Gasteiger partial charge on any atom is -0.481 e. The van der Waals surface area contributed by atoms with Gasteiger partial charge in [0.05, 0.1) is 11.4 Å². The molecule has 230 valence electrons. The van der Waals surface area contributed by atoms with Gasteiger partial charge in [0.1, 0.15) is 9.84 Å². The molecule has 0 unspecified atom stereocenters. The lowest BCUT2D eigenvalue weighted by atomic mass is 10.0. The SMILES string of the molecule is CCS(=O)(=O)CCCCCCCCCCCCCCCCCCCC(=O)Nc1ccccc1SCCCC(=O)O. The third kappa shape index (κ3) is 21.2. The number of rotatable bonds is 27. The molecule has 0 saturated carbocycles. The third-order valence-corrected chi connectivity index (χ3v) is 10.2. The zero-order chi connectivity index (χ0) is 29.3. The van der Waals surface area contributed by atoms with Crippen LogP contribution in [0, 0.1) is 0 Å². The third-order valence-electron chi connectivity index (χ3n) is 7.25. The minimum atomic E-state index is -2.78.